The Kier molecular flexibility index (Phi) is 2.17. The Hall–Kier alpha value is 0.500. The molecule has 58 valence electrons. The van der Waals surface area contributed by atoms with Crippen LogP contribution in [0.1, 0.15) is 0 Å². The van der Waals surface area contributed by atoms with E-state index in [1.54, 1.807) is 0 Å². The van der Waals surface area contributed by atoms with Gasteiger partial charge in [-0.3, -0.25) is 4.67 Å². The molecular weight excluding hydrogens is 183 g/mol. The highest BCUT2D eigenvalue weighted by Crippen LogP contribution is 2.52. The number of rotatable bonds is 0. The summed E-state index contributed by atoms with van der Waals surface area (Å²) in [5.41, 5.74) is 0. The van der Waals surface area contributed by atoms with Crippen LogP contribution in [-0.2, 0) is 11.8 Å². The van der Waals surface area contributed by atoms with Crippen LogP contribution in [0.2, 0.25) is 0 Å². The van der Waals surface area contributed by atoms with E-state index in [-0.39, 0.29) is 0 Å². The van der Waals surface area contributed by atoms with Gasteiger partial charge in [0, 0.05) is 7.05 Å². The predicted molar refractivity (Wildman–Crippen MR) is 53.2 cm³/mol. The van der Waals surface area contributed by atoms with E-state index in [9.17, 15) is 0 Å². The molecule has 0 saturated carbocycles. The van der Waals surface area contributed by atoms with Gasteiger partial charge in [-0.05, 0) is 13.7 Å². The maximum Gasteiger partial charge on any atom is 0.0977 e. The molecule has 1 aliphatic heterocycles. The largest absolute Gasteiger partial charge is 0.329 e. The van der Waals surface area contributed by atoms with Gasteiger partial charge in [0.15, 0.2) is 0 Å². The molecule has 10 heavy (non-hydrogen) atoms. The van der Waals surface area contributed by atoms with Crippen molar-refractivity contribution in [3.63, 3.8) is 0 Å². The van der Waals surface area contributed by atoms with Crippen molar-refractivity contribution in [3.8, 4) is 0 Å². The van der Waals surface area contributed by atoms with Crippen LogP contribution in [-0.4, -0.2) is 41.6 Å². The fraction of sp³-hybridized carbons (Fsp3) is 0.800. The molecule has 1 heterocycles. The van der Waals surface area contributed by atoms with Gasteiger partial charge in [0.05, 0.1) is 17.9 Å². The highest BCUT2D eigenvalue weighted by Gasteiger charge is 2.31. The molecule has 5 heteroatoms. The van der Waals surface area contributed by atoms with Crippen molar-refractivity contribution in [2.45, 2.75) is 0 Å². The Morgan fingerprint density at radius 1 is 1.50 bits per heavy atom. The van der Waals surface area contributed by atoms with E-state index in [2.05, 4.69) is 16.0 Å². The summed E-state index contributed by atoms with van der Waals surface area (Å²) < 4.78 is 4.24. The normalized spacial score (nSPS) is 35.5. The second-order valence-corrected chi connectivity index (χ2v) is 8.07. The van der Waals surface area contributed by atoms with Gasteiger partial charge in [0.1, 0.15) is 0 Å². The lowest BCUT2D eigenvalue weighted by Crippen LogP contribution is -2.14. The van der Waals surface area contributed by atoms with Gasteiger partial charge >= 0.3 is 0 Å². The van der Waals surface area contributed by atoms with Crippen LogP contribution < -0.4 is 0 Å². The molecule has 0 aliphatic carbocycles. The lowest BCUT2D eigenvalue weighted by Gasteiger charge is -2.25. The molecule has 0 bridgehead atoms. The second kappa shape index (κ2) is 2.52. The highest BCUT2D eigenvalue weighted by atomic mass is 32.4. The van der Waals surface area contributed by atoms with Crippen molar-refractivity contribution in [2.75, 3.05) is 27.3 Å². The summed E-state index contributed by atoms with van der Waals surface area (Å²) in [4.78, 5) is 0.980. The van der Waals surface area contributed by atoms with Crippen molar-refractivity contribution in [1.29, 1.82) is 0 Å². The predicted octanol–water partition coefficient (Wildman–Crippen LogP) is 1.13. The van der Waals surface area contributed by atoms with Crippen LogP contribution in [0.5, 0.6) is 0 Å². The molecule has 1 rings (SSSR count). The van der Waals surface area contributed by atoms with Crippen LogP contribution in [0.3, 0.4) is 0 Å². The number of hydrogen-bond acceptors (Lipinski definition) is 2. The van der Waals surface area contributed by atoms with Gasteiger partial charge in [-0.25, -0.2) is 0 Å². The summed E-state index contributed by atoms with van der Waals surface area (Å²) in [6.07, 6.45) is -1.42. The third-order valence-corrected chi connectivity index (χ3v) is 6.79. The Morgan fingerprint density at radius 3 is 2.10 bits per heavy atom. The molecule has 1 aliphatic rings. The minimum absolute atomic E-state index is 0.861. The minimum Gasteiger partial charge on any atom is -0.329 e. The summed E-state index contributed by atoms with van der Waals surface area (Å²) in [6, 6.07) is 0. The van der Waals surface area contributed by atoms with Crippen LogP contribution >= 0.6 is 18.6 Å². The topological polar surface area (TPSA) is 6.48 Å². The van der Waals surface area contributed by atoms with Crippen molar-refractivity contribution < 1.29 is 0 Å². The van der Waals surface area contributed by atoms with Gasteiger partial charge in [-0.2, -0.15) is 0 Å². The van der Waals surface area contributed by atoms with E-state index in [0.717, 1.165) is 11.5 Å². The molecule has 1 fully saturated rings. The minimum atomic E-state index is -1.42. The standard InChI is InChI=1S/C5H11N2PS2/c1-6-4-5(9)7(2)8(6,3)10/h4H2,1-3H3. The summed E-state index contributed by atoms with van der Waals surface area (Å²) in [5, 5.41) is 0. The van der Waals surface area contributed by atoms with Crippen LogP contribution in [0, 0.1) is 0 Å². The summed E-state index contributed by atoms with van der Waals surface area (Å²) in [6.45, 7) is 2.96. The van der Waals surface area contributed by atoms with E-state index in [0.29, 0.717) is 0 Å². The van der Waals surface area contributed by atoms with Gasteiger partial charge in [-0.1, -0.05) is 24.0 Å². The average molecular weight is 194 g/mol. The molecule has 2 nitrogen and oxygen atoms in total. The molecule has 1 saturated heterocycles. The van der Waals surface area contributed by atoms with Crippen molar-refractivity contribution in [2.24, 2.45) is 0 Å². The summed E-state index contributed by atoms with van der Waals surface area (Å²) in [7, 11) is 4.03. The first-order chi connectivity index (χ1) is 4.46. The Bertz CT molecular complexity index is 216. The van der Waals surface area contributed by atoms with Crippen LogP contribution in [0.15, 0.2) is 0 Å². The Morgan fingerprint density at radius 2 is 2.00 bits per heavy atom. The SMILES string of the molecule is CN1CC(=S)N(C)P1(C)=S. The van der Waals surface area contributed by atoms with Crippen molar-refractivity contribution >= 4 is 35.4 Å². The number of thiocarbonyl (C=S) groups is 1. The third kappa shape index (κ3) is 1.14. The number of likely N-dealkylation sites (N-methyl/N-ethyl adjacent to an activating group) is 2. The average Bonchev–Trinajstić information content (AvgIpc) is 1.97. The van der Waals surface area contributed by atoms with Crippen LogP contribution in [0.25, 0.3) is 0 Å². The number of hydrogen-bond donors (Lipinski definition) is 0. The van der Waals surface area contributed by atoms with E-state index in [1.165, 1.54) is 0 Å². The van der Waals surface area contributed by atoms with E-state index in [1.807, 2.05) is 14.1 Å². The van der Waals surface area contributed by atoms with Gasteiger partial charge in [0.2, 0.25) is 0 Å². The first-order valence-electron chi connectivity index (χ1n) is 3.02. The maximum absolute atomic E-state index is 5.41. The van der Waals surface area contributed by atoms with Crippen molar-refractivity contribution in [1.82, 2.24) is 9.34 Å². The lowest BCUT2D eigenvalue weighted by atomic mass is 10.6. The van der Waals surface area contributed by atoms with Gasteiger partial charge < -0.3 is 4.67 Å². The first kappa shape index (κ1) is 8.60. The molecular formula is C5H11N2PS2. The molecule has 0 radical (unpaired) electrons. The molecule has 1 unspecified atom stereocenters. The quantitative estimate of drug-likeness (QED) is 0.421. The maximum atomic E-state index is 5.41. The molecule has 0 spiro atoms. The fourth-order valence-corrected chi connectivity index (χ4v) is 3.59. The Labute approximate surface area is 72.3 Å². The van der Waals surface area contributed by atoms with Crippen LogP contribution in [0.4, 0.5) is 0 Å². The van der Waals surface area contributed by atoms with E-state index >= 15 is 0 Å². The first-order valence-corrected chi connectivity index (χ1v) is 6.58. The Balaban J connectivity index is 2.96. The zero-order valence-electron chi connectivity index (χ0n) is 6.37. The van der Waals surface area contributed by atoms with Gasteiger partial charge in [-0.15, -0.1) is 0 Å². The molecule has 0 aromatic carbocycles. The molecule has 0 aromatic rings. The summed E-state index contributed by atoms with van der Waals surface area (Å²) in [5.74, 6) is 0. The van der Waals surface area contributed by atoms with Gasteiger partial charge in [0.25, 0.3) is 0 Å². The molecule has 0 amide bonds. The van der Waals surface area contributed by atoms with Crippen molar-refractivity contribution in [3.05, 3.63) is 0 Å². The monoisotopic (exact) mass is 194 g/mol. The zero-order valence-corrected chi connectivity index (χ0v) is 8.89. The van der Waals surface area contributed by atoms with E-state index in [4.69, 9.17) is 24.0 Å². The second-order valence-electron chi connectivity index (χ2n) is 2.57. The highest BCUT2D eigenvalue weighted by molar-refractivity contribution is 8.12. The summed E-state index contributed by atoms with van der Waals surface area (Å²) >= 11 is 10.5. The molecule has 1 atom stereocenters. The zero-order chi connectivity index (χ0) is 7.94. The number of nitrogens with zero attached hydrogens (tertiary/aromatic N) is 2. The molecule has 0 N–H and O–H groups in total. The van der Waals surface area contributed by atoms with E-state index < -0.39 is 6.34 Å². The lowest BCUT2D eigenvalue weighted by molar-refractivity contribution is 0.647. The smallest absolute Gasteiger partial charge is 0.0977 e. The fourth-order valence-electron chi connectivity index (χ4n) is 0.865. The third-order valence-electron chi connectivity index (χ3n) is 1.92. The molecule has 0 aromatic heterocycles.